The van der Waals surface area contributed by atoms with Gasteiger partial charge in [0.1, 0.15) is 11.4 Å². The van der Waals surface area contributed by atoms with Crippen molar-refractivity contribution in [3.63, 3.8) is 0 Å². The second-order valence-corrected chi connectivity index (χ2v) is 9.71. The molecule has 2 unspecified atom stereocenters. The molecule has 37 heavy (non-hydrogen) atoms. The molecular formula is C29H23FN2O5. The normalized spacial score (nSPS) is 21.6. The summed E-state index contributed by atoms with van der Waals surface area (Å²) in [6.45, 7) is 9.38. The molecule has 0 aliphatic carbocycles. The van der Waals surface area contributed by atoms with Gasteiger partial charge in [-0.05, 0) is 60.9 Å². The van der Waals surface area contributed by atoms with E-state index in [2.05, 4.69) is 4.85 Å². The molecule has 0 radical (unpaired) electrons. The third-order valence-electron chi connectivity index (χ3n) is 7.59. The summed E-state index contributed by atoms with van der Waals surface area (Å²) in [7, 11) is 0. The summed E-state index contributed by atoms with van der Waals surface area (Å²) in [4.78, 5) is 16.0. The largest absolute Gasteiger partial charge is 0.494 e. The topological polar surface area (TPSA) is 85.3 Å². The molecule has 2 atom stereocenters. The van der Waals surface area contributed by atoms with Gasteiger partial charge in [-0.2, -0.15) is 0 Å². The first-order chi connectivity index (χ1) is 17.8. The number of hydrogen-bond donors (Lipinski definition) is 2. The number of benzene rings is 3. The number of halogens is 1. The van der Waals surface area contributed by atoms with Crippen LogP contribution in [0.2, 0.25) is 0 Å². The first-order valence-corrected chi connectivity index (χ1v) is 12.0. The number of ether oxygens (including phenoxy) is 2. The number of carbonyl (C=O) groups excluding carboxylic acids is 1. The molecule has 6 rings (SSSR count). The second-order valence-electron chi connectivity index (χ2n) is 9.71. The van der Waals surface area contributed by atoms with Crippen LogP contribution in [-0.2, 0) is 20.7 Å². The maximum atomic E-state index is 13.2. The van der Waals surface area contributed by atoms with Crippen molar-refractivity contribution in [1.82, 2.24) is 4.57 Å². The quantitative estimate of drug-likeness (QED) is 0.252. The van der Waals surface area contributed by atoms with Crippen LogP contribution in [0.25, 0.3) is 21.3 Å². The van der Waals surface area contributed by atoms with Crippen molar-refractivity contribution in [3.8, 4) is 17.4 Å². The minimum Gasteiger partial charge on any atom is -0.494 e. The first-order valence-electron chi connectivity index (χ1n) is 12.0. The molecule has 3 aromatic carbocycles. The number of nitrogens with zero attached hydrogens (tertiary/aromatic N) is 2. The lowest BCUT2D eigenvalue weighted by Gasteiger charge is -2.26. The lowest BCUT2D eigenvalue weighted by atomic mass is 9.78. The Morgan fingerprint density at radius 3 is 2.49 bits per heavy atom. The van der Waals surface area contributed by atoms with Gasteiger partial charge in [-0.25, -0.2) is 14.0 Å². The fourth-order valence-electron chi connectivity index (χ4n) is 5.87. The third-order valence-corrected chi connectivity index (χ3v) is 7.59. The highest BCUT2D eigenvalue weighted by molar-refractivity contribution is 6.00. The zero-order chi connectivity index (χ0) is 25.9. The Kier molecular flexibility index (Phi) is 5.04. The summed E-state index contributed by atoms with van der Waals surface area (Å²) in [5.74, 6) is -1.27. The summed E-state index contributed by atoms with van der Waals surface area (Å²) < 4.78 is 26.5. The monoisotopic (exact) mass is 498 g/mol. The van der Waals surface area contributed by atoms with E-state index in [0.717, 1.165) is 10.8 Å². The van der Waals surface area contributed by atoms with Crippen molar-refractivity contribution < 1.29 is 28.9 Å². The number of rotatable bonds is 5. The van der Waals surface area contributed by atoms with E-state index in [4.69, 9.17) is 16.0 Å². The number of fused-ring (bicyclic) bond motifs is 6. The Morgan fingerprint density at radius 1 is 1.05 bits per heavy atom. The molecule has 3 heterocycles. The van der Waals surface area contributed by atoms with Crippen LogP contribution >= 0.6 is 0 Å². The van der Waals surface area contributed by atoms with Crippen molar-refractivity contribution in [1.29, 1.82) is 0 Å². The van der Waals surface area contributed by atoms with Crippen LogP contribution in [0.5, 0.6) is 11.8 Å². The maximum absolute atomic E-state index is 13.2. The van der Waals surface area contributed by atoms with Gasteiger partial charge in [0.05, 0.1) is 41.2 Å². The Morgan fingerprint density at radius 2 is 1.76 bits per heavy atom. The lowest BCUT2D eigenvalue weighted by molar-refractivity contribution is -0.0897. The van der Waals surface area contributed by atoms with Crippen LogP contribution in [-0.4, -0.2) is 27.4 Å². The third kappa shape index (κ3) is 3.31. The molecule has 8 heteroatoms. The number of aromatic hydroxyl groups is 2. The van der Waals surface area contributed by atoms with Crippen LogP contribution in [0.1, 0.15) is 47.7 Å². The molecule has 1 aromatic heterocycles. The number of carbonyl (C=O) groups is 1. The Bertz CT molecular complexity index is 1620. The van der Waals surface area contributed by atoms with Gasteiger partial charge in [-0.3, -0.25) is 4.57 Å². The summed E-state index contributed by atoms with van der Waals surface area (Å²) in [5, 5.41) is 24.3. The van der Waals surface area contributed by atoms with E-state index in [-0.39, 0.29) is 30.4 Å². The maximum Gasteiger partial charge on any atom is 0.338 e. The molecule has 1 saturated heterocycles. The molecule has 0 spiro atoms. The van der Waals surface area contributed by atoms with Crippen LogP contribution in [0, 0.1) is 12.4 Å². The van der Waals surface area contributed by atoms with E-state index in [9.17, 15) is 19.4 Å². The Hall–Kier alpha value is -4.35. The fraction of sp³-hybridized carbons (Fsp3) is 0.241. The summed E-state index contributed by atoms with van der Waals surface area (Å²) in [5.41, 5.74) is 0.543. The van der Waals surface area contributed by atoms with Gasteiger partial charge in [-0.1, -0.05) is 30.3 Å². The molecule has 0 saturated carbocycles. The van der Waals surface area contributed by atoms with Crippen LogP contribution in [0.3, 0.4) is 0 Å². The van der Waals surface area contributed by atoms with E-state index < -0.39 is 23.0 Å². The van der Waals surface area contributed by atoms with Gasteiger partial charge in [0, 0.05) is 6.42 Å². The Balaban J connectivity index is 1.37. The zero-order valence-electron chi connectivity index (χ0n) is 20.0. The van der Waals surface area contributed by atoms with E-state index in [1.165, 1.54) is 28.8 Å². The predicted octanol–water partition coefficient (Wildman–Crippen LogP) is 6.21. The van der Waals surface area contributed by atoms with Gasteiger partial charge >= 0.3 is 5.97 Å². The van der Waals surface area contributed by atoms with Crippen LogP contribution in [0.15, 0.2) is 60.7 Å². The zero-order valence-corrected chi connectivity index (χ0v) is 20.0. The van der Waals surface area contributed by atoms with Crippen molar-refractivity contribution in [2.45, 2.75) is 37.4 Å². The molecule has 4 aromatic rings. The van der Waals surface area contributed by atoms with Gasteiger partial charge < -0.3 is 19.7 Å². The molecule has 2 N–H and O–H groups in total. The fourth-order valence-corrected chi connectivity index (χ4v) is 5.87. The number of aromatic nitrogens is 1. The highest BCUT2D eigenvalue weighted by Gasteiger charge is 2.61. The molecule has 1 fully saturated rings. The average molecular weight is 499 g/mol. The molecule has 2 aliphatic rings. The smallest absolute Gasteiger partial charge is 0.338 e. The first kappa shape index (κ1) is 23.1. The van der Waals surface area contributed by atoms with Gasteiger partial charge in [0.25, 0.3) is 0 Å². The summed E-state index contributed by atoms with van der Waals surface area (Å²) in [6, 6.07) is 15.9. The highest BCUT2D eigenvalue weighted by atomic mass is 19.1. The standard InChI is InChI=1S/C29H23FN2O5/c1-28-13-14-29(37-28,15-16-36-27(35)17-7-9-18(30)10-8-17)24-23(28)25(33)32(26(24)34)22-12-11-21(31-2)19-5-3-4-6-20(19)22/h3-12,33-34H,13-16H2,1H3. The Labute approximate surface area is 212 Å². The van der Waals surface area contributed by atoms with E-state index in [1.807, 2.05) is 31.2 Å². The van der Waals surface area contributed by atoms with Gasteiger partial charge in [0.15, 0.2) is 5.69 Å². The molecule has 2 bridgehead atoms. The van der Waals surface area contributed by atoms with Crippen molar-refractivity contribution in [2.24, 2.45) is 0 Å². The minimum absolute atomic E-state index is 0.0136. The molecular weight excluding hydrogens is 475 g/mol. The van der Waals surface area contributed by atoms with Crippen LogP contribution in [0.4, 0.5) is 10.1 Å². The van der Waals surface area contributed by atoms with Crippen molar-refractivity contribution in [3.05, 3.63) is 94.6 Å². The molecule has 186 valence electrons. The average Bonchev–Trinajstić information content (AvgIpc) is 3.48. The molecule has 7 nitrogen and oxygen atoms in total. The summed E-state index contributed by atoms with van der Waals surface area (Å²) >= 11 is 0. The van der Waals surface area contributed by atoms with Crippen LogP contribution < -0.4 is 0 Å². The van der Waals surface area contributed by atoms with Crippen molar-refractivity contribution >= 4 is 22.4 Å². The number of hydrogen-bond acceptors (Lipinski definition) is 5. The minimum atomic E-state index is -0.938. The SMILES string of the molecule is [C-]#[N+]c1ccc(-n2c(O)c3c(c2O)C2(CCOC(=O)c4ccc(F)cc4)CCC3(C)O2)c2ccccc12. The van der Waals surface area contributed by atoms with E-state index in [0.29, 0.717) is 35.3 Å². The summed E-state index contributed by atoms with van der Waals surface area (Å²) in [6.07, 6.45) is 1.48. The second kappa shape index (κ2) is 8.08. The number of esters is 1. The van der Waals surface area contributed by atoms with E-state index in [1.54, 1.807) is 12.1 Å². The van der Waals surface area contributed by atoms with Gasteiger partial charge in [0.2, 0.25) is 11.8 Å². The van der Waals surface area contributed by atoms with E-state index >= 15 is 0 Å². The molecule has 2 aliphatic heterocycles. The van der Waals surface area contributed by atoms with Crippen molar-refractivity contribution in [2.75, 3.05) is 6.61 Å². The molecule has 0 amide bonds. The van der Waals surface area contributed by atoms with Gasteiger partial charge in [-0.15, -0.1) is 0 Å². The lowest BCUT2D eigenvalue weighted by Crippen LogP contribution is -2.25. The predicted molar refractivity (Wildman–Crippen MR) is 134 cm³/mol. The highest BCUT2D eigenvalue weighted by Crippen LogP contribution is 2.65.